The van der Waals surface area contributed by atoms with Gasteiger partial charge in [-0.2, -0.15) is 9.78 Å². The van der Waals surface area contributed by atoms with Crippen LogP contribution in [0.2, 0.25) is 0 Å². The van der Waals surface area contributed by atoms with Crippen LogP contribution in [0.25, 0.3) is 22.2 Å². The Bertz CT molecular complexity index is 1350. The van der Waals surface area contributed by atoms with Gasteiger partial charge in [0.25, 0.3) is 5.91 Å². The fourth-order valence-electron chi connectivity index (χ4n) is 3.30. The SMILES string of the molecule is CC(C)CCNC(=O)c1c(N)n(/N=C\c2cc(Br)ccc2O)c2nc3ccccc3nc12. The van der Waals surface area contributed by atoms with E-state index in [1.165, 1.54) is 10.9 Å². The fourth-order valence-corrected chi connectivity index (χ4v) is 3.68. The Balaban J connectivity index is 1.85. The molecule has 2 aromatic heterocycles. The number of aromatic hydroxyl groups is 1. The molecule has 0 unspecified atom stereocenters. The van der Waals surface area contributed by atoms with Gasteiger partial charge in [0.2, 0.25) is 0 Å². The van der Waals surface area contributed by atoms with Crippen molar-refractivity contribution in [2.45, 2.75) is 20.3 Å². The molecule has 4 aromatic rings. The van der Waals surface area contributed by atoms with Crippen LogP contribution in [0.5, 0.6) is 5.75 Å². The lowest BCUT2D eigenvalue weighted by atomic mass is 10.1. The lowest BCUT2D eigenvalue weighted by Gasteiger charge is -2.07. The number of para-hydroxylation sites is 2. The minimum Gasteiger partial charge on any atom is -0.507 e. The molecule has 2 heterocycles. The molecule has 2 aromatic carbocycles. The third-order valence-corrected chi connectivity index (χ3v) is 5.50. The number of phenolic OH excluding ortho intramolecular Hbond substituents is 1. The molecule has 4 N–H and O–H groups in total. The van der Waals surface area contributed by atoms with E-state index in [0.717, 1.165) is 10.9 Å². The van der Waals surface area contributed by atoms with Gasteiger partial charge in [0.15, 0.2) is 5.65 Å². The Morgan fingerprint density at radius 1 is 1.25 bits per heavy atom. The van der Waals surface area contributed by atoms with Crippen LogP contribution in [0.1, 0.15) is 36.2 Å². The predicted octanol–water partition coefficient (Wildman–Crippen LogP) is 4.29. The molecule has 0 fully saturated rings. The largest absolute Gasteiger partial charge is 0.507 e. The lowest BCUT2D eigenvalue weighted by Crippen LogP contribution is -2.26. The van der Waals surface area contributed by atoms with E-state index in [9.17, 15) is 9.90 Å². The first-order valence-electron chi connectivity index (χ1n) is 10.2. The summed E-state index contributed by atoms with van der Waals surface area (Å²) in [7, 11) is 0. The third-order valence-electron chi connectivity index (χ3n) is 5.01. The maximum absolute atomic E-state index is 13.0. The van der Waals surface area contributed by atoms with Gasteiger partial charge in [-0.15, -0.1) is 0 Å². The average molecular weight is 495 g/mol. The molecule has 0 bridgehead atoms. The van der Waals surface area contributed by atoms with Crippen molar-refractivity contribution in [3.8, 4) is 5.75 Å². The van der Waals surface area contributed by atoms with Crippen LogP contribution >= 0.6 is 15.9 Å². The van der Waals surface area contributed by atoms with Gasteiger partial charge in [-0.1, -0.05) is 41.9 Å². The summed E-state index contributed by atoms with van der Waals surface area (Å²) >= 11 is 3.38. The molecule has 4 rings (SSSR count). The van der Waals surface area contributed by atoms with Crippen LogP contribution in [0.3, 0.4) is 0 Å². The number of phenols is 1. The summed E-state index contributed by atoms with van der Waals surface area (Å²) in [5.41, 5.74) is 9.15. The maximum Gasteiger partial charge on any atom is 0.257 e. The number of amides is 1. The van der Waals surface area contributed by atoms with E-state index < -0.39 is 0 Å². The van der Waals surface area contributed by atoms with Gasteiger partial charge in [-0.3, -0.25) is 4.79 Å². The highest BCUT2D eigenvalue weighted by molar-refractivity contribution is 9.10. The zero-order chi connectivity index (χ0) is 22.8. The first-order valence-corrected chi connectivity index (χ1v) is 11.0. The first-order chi connectivity index (χ1) is 15.3. The van der Waals surface area contributed by atoms with Crippen molar-refractivity contribution in [2.75, 3.05) is 12.3 Å². The van der Waals surface area contributed by atoms with Crippen LogP contribution in [0.4, 0.5) is 5.82 Å². The smallest absolute Gasteiger partial charge is 0.257 e. The number of anilines is 1. The number of hydrogen-bond acceptors (Lipinski definition) is 6. The van der Waals surface area contributed by atoms with Gasteiger partial charge in [-0.05, 0) is 42.7 Å². The maximum atomic E-state index is 13.0. The zero-order valence-electron chi connectivity index (χ0n) is 17.7. The van der Waals surface area contributed by atoms with Gasteiger partial charge in [-0.25, -0.2) is 9.97 Å². The summed E-state index contributed by atoms with van der Waals surface area (Å²) in [4.78, 5) is 22.3. The monoisotopic (exact) mass is 494 g/mol. The van der Waals surface area contributed by atoms with Crippen LogP contribution < -0.4 is 11.1 Å². The van der Waals surface area contributed by atoms with E-state index in [-0.39, 0.29) is 23.0 Å². The van der Waals surface area contributed by atoms with E-state index in [4.69, 9.17) is 5.73 Å². The number of nitrogens with one attached hydrogen (secondary N) is 1. The lowest BCUT2D eigenvalue weighted by molar-refractivity contribution is 0.0954. The first kappa shape index (κ1) is 21.8. The normalized spacial score (nSPS) is 11.8. The summed E-state index contributed by atoms with van der Waals surface area (Å²) < 4.78 is 2.17. The molecule has 0 saturated heterocycles. The Morgan fingerprint density at radius 2 is 1.97 bits per heavy atom. The van der Waals surface area contributed by atoms with Gasteiger partial charge in [0.05, 0.1) is 17.2 Å². The second kappa shape index (κ2) is 8.96. The van der Waals surface area contributed by atoms with Gasteiger partial charge >= 0.3 is 0 Å². The standard InChI is InChI=1S/C23H23BrN6O2/c1-13(2)9-10-26-23(32)19-20-22(29-17-6-4-3-5-16(17)28-20)30(21(19)25)27-12-14-11-15(24)7-8-18(14)31/h3-8,11-13,31H,9-10,25H2,1-2H3,(H,26,32)/b27-12-. The topological polar surface area (TPSA) is 118 Å². The Kier molecular flexibility index (Phi) is 6.09. The van der Waals surface area contributed by atoms with Crippen molar-refractivity contribution < 1.29 is 9.90 Å². The van der Waals surface area contributed by atoms with Crippen molar-refractivity contribution in [1.29, 1.82) is 0 Å². The van der Waals surface area contributed by atoms with Crippen molar-refractivity contribution in [3.05, 3.63) is 58.1 Å². The van der Waals surface area contributed by atoms with Crippen molar-refractivity contribution >= 4 is 56.1 Å². The Morgan fingerprint density at radius 3 is 2.69 bits per heavy atom. The molecule has 8 nitrogen and oxygen atoms in total. The molecule has 0 saturated carbocycles. The van der Waals surface area contributed by atoms with Gasteiger partial charge < -0.3 is 16.2 Å². The van der Waals surface area contributed by atoms with E-state index >= 15 is 0 Å². The molecular weight excluding hydrogens is 472 g/mol. The third kappa shape index (κ3) is 4.29. The molecule has 32 heavy (non-hydrogen) atoms. The number of benzene rings is 2. The second-order valence-electron chi connectivity index (χ2n) is 7.84. The quantitative estimate of drug-likeness (QED) is 0.345. The number of carbonyl (C=O) groups excluding carboxylic acids is 1. The van der Waals surface area contributed by atoms with Crippen LogP contribution in [-0.4, -0.2) is 38.4 Å². The Labute approximate surface area is 193 Å². The highest BCUT2D eigenvalue weighted by Gasteiger charge is 2.24. The van der Waals surface area contributed by atoms with Crippen LogP contribution in [-0.2, 0) is 0 Å². The van der Waals surface area contributed by atoms with E-state index in [2.05, 4.69) is 50.2 Å². The number of halogens is 1. The molecule has 164 valence electrons. The molecule has 0 radical (unpaired) electrons. The second-order valence-corrected chi connectivity index (χ2v) is 8.76. The number of rotatable bonds is 6. The molecular formula is C23H23BrN6O2. The number of nitrogens with zero attached hydrogens (tertiary/aromatic N) is 4. The van der Waals surface area contributed by atoms with Crippen molar-refractivity contribution in [2.24, 2.45) is 11.0 Å². The van der Waals surface area contributed by atoms with Gasteiger partial charge in [0, 0.05) is 16.6 Å². The minimum absolute atomic E-state index is 0.0650. The van der Waals surface area contributed by atoms with Crippen molar-refractivity contribution in [3.63, 3.8) is 0 Å². The zero-order valence-corrected chi connectivity index (χ0v) is 19.3. The summed E-state index contributed by atoms with van der Waals surface area (Å²) in [5, 5.41) is 17.5. The van der Waals surface area contributed by atoms with Gasteiger partial charge in [0.1, 0.15) is 22.6 Å². The predicted molar refractivity (Wildman–Crippen MR) is 130 cm³/mol. The summed E-state index contributed by atoms with van der Waals surface area (Å²) in [6.45, 7) is 4.71. The number of fused-ring (bicyclic) bond motifs is 2. The van der Waals surface area contributed by atoms with E-state index in [1.54, 1.807) is 18.2 Å². The van der Waals surface area contributed by atoms with Crippen LogP contribution in [0, 0.1) is 5.92 Å². The number of nitrogens with two attached hydrogens (primary N) is 1. The van der Waals surface area contributed by atoms with E-state index in [0.29, 0.717) is 40.2 Å². The number of carbonyl (C=O) groups is 1. The fraction of sp³-hybridized carbons (Fsp3) is 0.217. The molecule has 0 aliphatic heterocycles. The molecule has 1 amide bonds. The van der Waals surface area contributed by atoms with Crippen LogP contribution in [0.15, 0.2) is 52.0 Å². The van der Waals surface area contributed by atoms with E-state index in [1.807, 2.05) is 24.3 Å². The minimum atomic E-state index is -0.322. The Hall–Kier alpha value is -3.46. The summed E-state index contributed by atoms with van der Waals surface area (Å²) in [6.07, 6.45) is 2.31. The highest BCUT2D eigenvalue weighted by Crippen LogP contribution is 2.28. The summed E-state index contributed by atoms with van der Waals surface area (Å²) in [6, 6.07) is 12.4. The molecule has 0 aliphatic rings. The molecule has 0 aliphatic carbocycles. The number of nitrogen functional groups attached to an aromatic ring is 1. The summed E-state index contributed by atoms with van der Waals surface area (Å²) in [5.74, 6) is 0.329. The molecule has 0 spiro atoms. The number of hydrogen-bond donors (Lipinski definition) is 3. The van der Waals surface area contributed by atoms with Crippen molar-refractivity contribution in [1.82, 2.24) is 20.0 Å². The average Bonchev–Trinajstić information content (AvgIpc) is 3.02. The number of aromatic nitrogens is 3. The molecule has 0 atom stereocenters. The molecule has 9 heteroatoms. The highest BCUT2D eigenvalue weighted by atomic mass is 79.9.